The largest absolute Gasteiger partial charge is 0.481 e. The Labute approximate surface area is 128 Å². The van der Waals surface area contributed by atoms with Crippen molar-refractivity contribution in [3.05, 3.63) is 34.6 Å². The third kappa shape index (κ3) is 3.42. The zero-order chi connectivity index (χ0) is 15.6. The Bertz CT molecular complexity index is 613. The molecule has 0 aliphatic heterocycles. The zero-order valence-corrected chi connectivity index (χ0v) is 12.6. The van der Waals surface area contributed by atoms with Gasteiger partial charge in [0.25, 0.3) is 0 Å². The second kappa shape index (κ2) is 6.26. The van der Waals surface area contributed by atoms with E-state index < -0.39 is 17.8 Å². The van der Waals surface area contributed by atoms with Crippen LogP contribution in [-0.4, -0.2) is 22.0 Å². The van der Waals surface area contributed by atoms with Crippen molar-refractivity contribution in [3.63, 3.8) is 0 Å². The van der Waals surface area contributed by atoms with E-state index in [-0.39, 0.29) is 11.1 Å². The van der Waals surface area contributed by atoms with Crippen LogP contribution in [0.3, 0.4) is 0 Å². The highest BCUT2D eigenvalue weighted by atomic mass is 35.5. The van der Waals surface area contributed by atoms with E-state index in [1.165, 1.54) is 6.20 Å². The van der Waals surface area contributed by atoms with E-state index >= 15 is 0 Å². The Kier molecular flexibility index (Phi) is 4.63. The van der Waals surface area contributed by atoms with Crippen molar-refractivity contribution in [1.82, 2.24) is 4.98 Å². The van der Waals surface area contributed by atoms with Crippen LogP contribution in [0.15, 0.2) is 29.5 Å². The number of allylic oxidation sites excluding steroid dienone is 2. The third-order valence-electron chi connectivity index (χ3n) is 3.94. The number of hydrogen-bond donors (Lipinski definition) is 2. The highest BCUT2D eigenvalue weighted by molar-refractivity contribution is 6.32. The van der Waals surface area contributed by atoms with Crippen molar-refractivity contribution in [2.24, 2.45) is 11.8 Å². The van der Waals surface area contributed by atoms with E-state index in [9.17, 15) is 14.7 Å². The number of nitrogens with one attached hydrogen (secondary N) is 1. The summed E-state index contributed by atoms with van der Waals surface area (Å²) in [5, 5.41) is 12.2. The Hall–Kier alpha value is -1.88. The average Bonchev–Trinajstić information content (AvgIpc) is 2.43. The van der Waals surface area contributed by atoms with E-state index in [1.54, 1.807) is 12.1 Å². The van der Waals surface area contributed by atoms with Gasteiger partial charge in [-0.1, -0.05) is 22.7 Å². The molecule has 2 unspecified atom stereocenters. The molecule has 1 aromatic rings. The molecule has 112 valence electrons. The predicted molar refractivity (Wildman–Crippen MR) is 80.1 cm³/mol. The lowest BCUT2D eigenvalue weighted by atomic mass is 9.76. The molecule has 2 rings (SSSR count). The summed E-state index contributed by atoms with van der Waals surface area (Å²) in [5.41, 5.74) is 2.52. The second-order valence-electron chi connectivity index (χ2n) is 5.35. The van der Waals surface area contributed by atoms with Gasteiger partial charge in [0.1, 0.15) is 0 Å². The Balaban J connectivity index is 2.21. The summed E-state index contributed by atoms with van der Waals surface area (Å²) in [4.78, 5) is 27.7. The molecule has 0 spiro atoms. The van der Waals surface area contributed by atoms with Crippen LogP contribution in [0, 0.1) is 11.8 Å². The lowest BCUT2D eigenvalue weighted by molar-refractivity contribution is -0.146. The topological polar surface area (TPSA) is 79.3 Å². The SMILES string of the molecule is CC1=C(C)CC(C(=O)Nc2cccnc2Cl)C(C(=O)O)C1. The summed E-state index contributed by atoms with van der Waals surface area (Å²) in [7, 11) is 0. The fourth-order valence-corrected chi connectivity index (χ4v) is 2.70. The number of rotatable bonds is 3. The van der Waals surface area contributed by atoms with E-state index in [0.717, 1.165) is 11.1 Å². The summed E-state index contributed by atoms with van der Waals surface area (Å²) >= 11 is 5.91. The van der Waals surface area contributed by atoms with Gasteiger partial charge < -0.3 is 10.4 Å². The van der Waals surface area contributed by atoms with Crippen molar-refractivity contribution in [1.29, 1.82) is 0 Å². The molecular formula is C15H17ClN2O3. The highest BCUT2D eigenvalue weighted by Gasteiger charge is 2.37. The quantitative estimate of drug-likeness (QED) is 0.664. The first-order valence-electron chi connectivity index (χ1n) is 6.69. The van der Waals surface area contributed by atoms with Crippen molar-refractivity contribution < 1.29 is 14.7 Å². The number of carbonyl (C=O) groups is 2. The Morgan fingerprint density at radius 1 is 1.29 bits per heavy atom. The number of nitrogens with zero attached hydrogens (tertiary/aromatic N) is 1. The fourth-order valence-electron chi connectivity index (χ4n) is 2.53. The van der Waals surface area contributed by atoms with Crippen molar-refractivity contribution >= 4 is 29.2 Å². The van der Waals surface area contributed by atoms with E-state index in [1.807, 2.05) is 13.8 Å². The van der Waals surface area contributed by atoms with Gasteiger partial charge in [-0.25, -0.2) is 4.98 Å². The first kappa shape index (κ1) is 15.5. The van der Waals surface area contributed by atoms with Gasteiger partial charge >= 0.3 is 5.97 Å². The molecule has 0 fully saturated rings. The number of hydrogen-bond acceptors (Lipinski definition) is 3. The molecule has 1 aliphatic rings. The Morgan fingerprint density at radius 3 is 2.48 bits per heavy atom. The van der Waals surface area contributed by atoms with Gasteiger partial charge in [0.05, 0.1) is 17.5 Å². The molecule has 5 nitrogen and oxygen atoms in total. The summed E-state index contributed by atoms with van der Waals surface area (Å²) in [6.07, 6.45) is 2.38. The second-order valence-corrected chi connectivity index (χ2v) is 5.71. The Morgan fingerprint density at radius 2 is 1.90 bits per heavy atom. The minimum Gasteiger partial charge on any atom is -0.481 e. The number of pyridine rings is 1. The lowest BCUT2D eigenvalue weighted by Crippen LogP contribution is -2.36. The molecule has 1 heterocycles. The van der Waals surface area contributed by atoms with E-state index in [0.29, 0.717) is 18.5 Å². The molecule has 0 saturated carbocycles. The smallest absolute Gasteiger partial charge is 0.307 e. The summed E-state index contributed by atoms with van der Waals surface area (Å²) < 4.78 is 0. The zero-order valence-electron chi connectivity index (χ0n) is 11.9. The first-order valence-corrected chi connectivity index (χ1v) is 7.07. The van der Waals surface area contributed by atoms with Gasteiger partial charge in [-0.3, -0.25) is 9.59 Å². The van der Waals surface area contributed by atoms with Gasteiger partial charge in [0.15, 0.2) is 5.15 Å². The number of amides is 1. The van der Waals surface area contributed by atoms with E-state index in [4.69, 9.17) is 11.6 Å². The maximum absolute atomic E-state index is 12.4. The molecule has 6 heteroatoms. The maximum atomic E-state index is 12.4. The number of carboxylic acid groups (broad SMARTS) is 1. The normalized spacial score (nSPS) is 22.0. The maximum Gasteiger partial charge on any atom is 0.307 e. The summed E-state index contributed by atoms with van der Waals surface area (Å²) in [5.74, 6) is -2.57. The van der Waals surface area contributed by atoms with Crippen LogP contribution in [0.4, 0.5) is 5.69 Å². The van der Waals surface area contributed by atoms with Gasteiger partial charge in [0, 0.05) is 6.20 Å². The average molecular weight is 309 g/mol. The molecule has 2 N–H and O–H groups in total. The summed E-state index contributed by atoms with van der Waals surface area (Å²) in [6.45, 7) is 3.85. The third-order valence-corrected chi connectivity index (χ3v) is 4.24. The standard InChI is InChI=1S/C15H17ClN2O3/c1-8-6-10(11(15(20)21)7-9(8)2)14(19)18-12-4-3-5-17-13(12)16/h3-5,10-11H,6-7H2,1-2H3,(H,18,19)(H,20,21). The van der Waals surface area contributed by atoms with Crippen LogP contribution in [-0.2, 0) is 9.59 Å². The van der Waals surface area contributed by atoms with Gasteiger partial charge in [-0.2, -0.15) is 0 Å². The fraction of sp³-hybridized carbons (Fsp3) is 0.400. The van der Waals surface area contributed by atoms with Crippen LogP contribution in [0.2, 0.25) is 5.15 Å². The summed E-state index contributed by atoms with van der Waals surface area (Å²) in [6, 6.07) is 3.30. The number of halogens is 1. The van der Waals surface area contributed by atoms with Crippen LogP contribution < -0.4 is 5.32 Å². The van der Waals surface area contributed by atoms with Crippen LogP contribution in [0.5, 0.6) is 0 Å². The minimum absolute atomic E-state index is 0.192. The van der Waals surface area contributed by atoms with Crippen molar-refractivity contribution in [3.8, 4) is 0 Å². The molecule has 0 bridgehead atoms. The molecule has 0 aromatic carbocycles. The molecule has 2 atom stereocenters. The lowest BCUT2D eigenvalue weighted by Gasteiger charge is -2.29. The van der Waals surface area contributed by atoms with Gasteiger partial charge in [-0.15, -0.1) is 0 Å². The number of carboxylic acids is 1. The van der Waals surface area contributed by atoms with Crippen molar-refractivity contribution in [2.75, 3.05) is 5.32 Å². The number of anilines is 1. The monoisotopic (exact) mass is 308 g/mol. The number of carbonyl (C=O) groups excluding carboxylic acids is 1. The molecule has 21 heavy (non-hydrogen) atoms. The predicted octanol–water partition coefficient (Wildman–Crippen LogP) is 3.12. The molecule has 1 aliphatic carbocycles. The van der Waals surface area contributed by atoms with Crippen LogP contribution >= 0.6 is 11.6 Å². The number of aromatic nitrogens is 1. The van der Waals surface area contributed by atoms with Crippen LogP contribution in [0.1, 0.15) is 26.7 Å². The van der Waals surface area contributed by atoms with E-state index in [2.05, 4.69) is 10.3 Å². The van der Waals surface area contributed by atoms with Gasteiger partial charge in [0.2, 0.25) is 5.91 Å². The minimum atomic E-state index is -0.945. The highest BCUT2D eigenvalue weighted by Crippen LogP contribution is 2.35. The molecule has 1 amide bonds. The van der Waals surface area contributed by atoms with Gasteiger partial charge in [-0.05, 0) is 38.8 Å². The number of aliphatic carboxylic acids is 1. The van der Waals surface area contributed by atoms with Crippen molar-refractivity contribution in [2.45, 2.75) is 26.7 Å². The van der Waals surface area contributed by atoms with Crippen LogP contribution in [0.25, 0.3) is 0 Å². The molecule has 1 aromatic heterocycles. The first-order chi connectivity index (χ1) is 9.90. The molecule has 0 radical (unpaired) electrons. The molecule has 0 saturated heterocycles. The molecular weight excluding hydrogens is 292 g/mol.